The molecule has 2 rings (SSSR count). The van der Waals surface area contributed by atoms with Crippen molar-refractivity contribution in [3.8, 4) is 0 Å². The van der Waals surface area contributed by atoms with Crippen LogP contribution in [0.15, 0.2) is 12.1 Å². The van der Waals surface area contributed by atoms with E-state index in [-0.39, 0.29) is 17.7 Å². The smallest absolute Gasteiger partial charge is 0.261 e. The predicted molar refractivity (Wildman–Crippen MR) is 78.5 cm³/mol. The van der Waals surface area contributed by atoms with Crippen LogP contribution in [0.3, 0.4) is 0 Å². The van der Waals surface area contributed by atoms with E-state index in [0.717, 1.165) is 26.3 Å². The van der Waals surface area contributed by atoms with Crippen molar-refractivity contribution in [1.82, 2.24) is 10.2 Å². The maximum Gasteiger partial charge on any atom is 0.261 e. The van der Waals surface area contributed by atoms with E-state index in [1.54, 1.807) is 12.1 Å². The first-order valence-corrected chi connectivity index (χ1v) is 7.60. The molecular formula is C14H20N2O3S. The van der Waals surface area contributed by atoms with Gasteiger partial charge in [-0.1, -0.05) is 0 Å². The minimum absolute atomic E-state index is 0.00395. The van der Waals surface area contributed by atoms with E-state index in [0.29, 0.717) is 16.3 Å². The maximum atomic E-state index is 12.0. The number of carbonyl (C=O) groups excluding carboxylic acids is 2. The summed E-state index contributed by atoms with van der Waals surface area (Å²) >= 11 is 1.24. The van der Waals surface area contributed by atoms with Gasteiger partial charge in [-0.05, 0) is 26.0 Å². The quantitative estimate of drug-likeness (QED) is 0.835. The molecule has 0 aromatic carbocycles. The Labute approximate surface area is 122 Å². The Balaban J connectivity index is 1.83. The second-order valence-electron chi connectivity index (χ2n) is 4.93. The normalized spacial score (nSPS) is 17.7. The number of thiophene rings is 1. The summed E-state index contributed by atoms with van der Waals surface area (Å²) in [6.45, 7) is 7.53. The zero-order valence-corrected chi connectivity index (χ0v) is 12.7. The number of rotatable bonds is 5. The number of amides is 1. The molecule has 110 valence electrons. The number of Topliss-reactive ketones (excluding diaryl/α,β-unsaturated/α-hetero) is 1. The highest BCUT2D eigenvalue weighted by molar-refractivity contribution is 7.15. The molecule has 0 bridgehead atoms. The van der Waals surface area contributed by atoms with Crippen LogP contribution in [0.4, 0.5) is 0 Å². The molecule has 1 saturated heterocycles. The molecule has 1 atom stereocenters. The SMILES string of the molecule is CC(=O)c1ccc(C(=O)NC[C@H](C)N2CCOCC2)s1. The van der Waals surface area contributed by atoms with Crippen molar-refractivity contribution in [1.29, 1.82) is 0 Å². The van der Waals surface area contributed by atoms with Crippen molar-refractivity contribution in [2.45, 2.75) is 19.9 Å². The second kappa shape index (κ2) is 6.97. The largest absolute Gasteiger partial charge is 0.379 e. The summed E-state index contributed by atoms with van der Waals surface area (Å²) < 4.78 is 5.31. The lowest BCUT2D eigenvalue weighted by atomic mass is 10.2. The lowest BCUT2D eigenvalue weighted by Gasteiger charge is -2.32. The summed E-state index contributed by atoms with van der Waals surface area (Å²) in [4.78, 5) is 26.7. The van der Waals surface area contributed by atoms with Crippen LogP contribution in [0, 0.1) is 0 Å². The molecule has 0 aliphatic carbocycles. The van der Waals surface area contributed by atoms with Gasteiger partial charge in [0, 0.05) is 25.7 Å². The molecule has 1 N–H and O–H groups in total. The zero-order valence-electron chi connectivity index (χ0n) is 11.8. The second-order valence-corrected chi connectivity index (χ2v) is 6.01. The minimum atomic E-state index is -0.109. The van der Waals surface area contributed by atoms with Crippen molar-refractivity contribution >= 4 is 23.0 Å². The van der Waals surface area contributed by atoms with Gasteiger partial charge in [0.2, 0.25) is 0 Å². The summed E-state index contributed by atoms with van der Waals surface area (Å²) in [6, 6.07) is 3.69. The van der Waals surface area contributed by atoms with Gasteiger partial charge in [0.1, 0.15) is 0 Å². The van der Waals surface area contributed by atoms with Gasteiger partial charge >= 0.3 is 0 Å². The van der Waals surface area contributed by atoms with E-state index in [1.165, 1.54) is 18.3 Å². The zero-order chi connectivity index (χ0) is 14.5. The first-order valence-electron chi connectivity index (χ1n) is 6.78. The molecule has 5 nitrogen and oxygen atoms in total. The molecule has 20 heavy (non-hydrogen) atoms. The number of ether oxygens (including phenoxy) is 1. The Bertz CT molecular complexity index is 481. The third-order valence-electron chi connectivity index (χ3n) is 3.40. The van der Waals surface area contributed by atoms with Crippen LogP contribution in [0.5, 0.6) is 0 Å². The molecule has 6 heteroatoms. The Hall–Kier alpha value is -1.24. The monoisotopic (exact) mass is 296 g/mol. The van der Waals surface area contributed by atoms with Gasteiger partial charge in [-0.2, -0.15) is 0 Å². The highest BCUT2D eigenvalue weighted by atomic mass is 32.1. The van der Waals surface area contributed by atoms with Gasteiger partial charge in [0.15, 0.2) is 5.78 Å². The number of carbonyl (C=O) groups is 2. The van der Waals surface area contributed by atoms with E-state index in [4.69, 9.17) is 4.74 Å². The van der Waals surface area contributed by atoms with E-state index in [9.17, 15) is 9.59 Å². The summed E-state index contributed by atoms with van der Waals surface area (Å²) in [6.07, 6.45) is 0. The summed E-state index contributed by atoms with van der Waals surface area (Å²) in [5.74, 6) is -0.113. The van der Waals surface area contributed by atoms with Crippen molar-refractivity contribution in [2.24, 2.45) is 0 Å². The van der Waals surface area contributed by atoms with Crippen molar-refractivity contribution < 1.29 is 14.3 Å². The summed E-state index contributed by atoms with van der Waals surface area (Å²) in [7, 11) is 0. The number of nitrogens with zero attached hydrogens (tertiary/aromatic N) is 1. The fourth-order valence-corrected chi connectivity index (χ4v) is 2.94. The molecule has 0 radical (unpaired) electrons. The molecule has 0 saturated carbocycles. The van der Waals surface area contributed by atoms with E-state index >= 15 is 0 Å². The molecule has 1 aliphatic heterocycles. The van der Waals surface area contributed by atoms with Crippen molar-refractivity contribution in [3.05, 3.63) is 21.9 Å². The lowest BCUT2D eigenvalue weighted by Crippen LogP contribution is -2.47. The number of nitrogens with one attached hydrogen (secondary N) is 1. The van der Waals surface area contributed by atoms with Crippen LogP contribution in [0.25, 0.3) is 0 Å². The van der Waals surface area contributed by atoms with E-state index in [1.807, 2.05) is 0 Å². The Kier molecular flexibility index (Phi) is 5.28. The van der Waals surface area contributed by atoms with Gasteiger partial charge < -0.3 is 10.1 Å². The Morgan fingerprint density at radius 1 is 1.35 bits per heavy atom. The Morgan fingerprint density at radius 2 is 2.00 bits per heavy atom. The highest BCUT2D eigenvalue weighted by Crippen LogP contribution is 2.16. The van der Waals surface area contributed by atoms with Crippen LogP contribution in [-0.2, 0) is 4.74 Å². The van der Waals surface area contributed by atoms with Crippen LogP contribution in [0.1, 0.15) is 33.2 Å². The summed E-state index contributed by atoms with van der Waals surface area (Å²) in [5, 5.41) is 2.93. The van der Waals surface area contributed by atoms with Gasteiger partial charge in [-0.25, -0.2) is 0 Å². The van der Waals surface area contributed by atoms with E-state index in [2.05, 4.69) is 17.1 Å². The Morgan fingerprint density at radius 3 is 2.60 bits per heavy atom. The first kappa shape index (κ1) is 15.2. The number of morpholine rings is 1. The molecule has 1 aromatic rings. The minimum Gasteiger partial charge on any atom is -0.379 e. The van der Waals surface area contributed by atoms with Crippen LogP contribution in [0.2, 0.25) is 0 Å². The van der Waals surface area contributed by atoms with Crippen molar-refractivity contribution in [3.63, 3.8) is 0 Å². The fraction of sp³-hybridized carbons (Fsp3) is 0.571. The van der Waals surface area contributed by atoms with Gasteiger partial charge in [-0.3, -0.25) is 14.5 Å². The third kappa shape index (κ3) is 3.88. The third-order valence-corrected chi connectivity index (χ3v) is 4.59. The van der Waals surface area contributed by atoms with Gasteiger partial charge in [-0.15, -0.1) is 11.3 Å². The highest BCUT2D eigenvalue weighted by Gasteiger charge is 2.18. The number of hydrogen-bond acceptors (Lipinski definition) is 5. The molecule has 1 amide bonds. The van der Waals surface area contributed by atoms with Gasteiger partial charge in [0.25, 0.3) is 5.91 Å². The van der Waals surface area contributed by atoms with Crippen LogP contribution in [-0.4, -0.2) is 55.5 Å². The lowest BCUT2D eigenvalue weighted by molar-refractivity contribution is 0.0204. The molecule has 0 spiro atoms. The molecule has 1 fully saturated rings. The number of ketones is 1. The molecule has 2 heterocycles. The summed E-state index contributed by atoms with van der Waals surface area (Å²) in [5.41, 5.74) is 0. The first-order chi connectivity index (χ1) is 9.58. The van der Waals surface area contributed by atoms with Crippen molar-refractivity contribution in [2.75, 3.05) is 32.8 Å². The van der Waals surface area contributed by atoms with Gasteiger partial charge in [0.05, 0.1) is 23.0 Å². The molecule has 1 aromatic heterocycles. The average molecular weight is 296 g/mol. The standard InChI is InChI=1S/C14H20N2O3S/c1-10(16-5-7-19-8-6-16)9-15-14(18)13-4-3-12(20-13)11(2)17/h3-4,10H,5-9H2,1-2H3,(H,15,18)/t10-/m0/s1. The van der Waals surface area contributed by atoms with Crippen LogP contribution >= 0.6 is 11.3 Å². The average Bonchev–Trinajstić information content (AvgIpc) is 2.95. The maximum absolute atomic E-state index is 12.0. The molecule has 0 unspecified atom stereocenters. The topological polar surface area (TPSA) is 58.6 Å². The number of hydrogen-bond donors (Lipinski definition) is 1. The van der Waals surface area contributed by atoms with E-state index < -0.39 is 0 Å². The molecular weight excluding hydrogens is 276 g/mol. The predicted octanol–water partition coefficient (Wildman–Crippen LogP) is 1.40. The van der Waals surface area contributed by atoms with Crippen LogP contribution < -0.4 is 5.32 Å². The molecule has 1 aliphatic rings. The fourth-order valence-electron chi connectivity index (χ4n) is 2.12.